The zero-order chi connectivity index (χ0) is 6.74. The summed E-state index contributed by atoms with van der Waals surface area (Å²) in [5.74, 6) is 0. The zero-order valence-electron chi connectivity index (χ0n) is 4.91. The monoisotopic (exact) mass is 151 g/mol. The number of rotatable bonds is 0. The van der Waals surface area contributed by atoms with Gasteiger partial charge in [0.25, 0.3) is 7.82 Å². The first-order valence-electron chi connectivity index (χ1n) is 2.81. The van der Waals surface area contributed by atoms with E-state index in [9.17, 15) is 9.46 Å². The van der Waals surface area contributed by atoms with Crippen molar-refractivity contribution in [1.82, 2.24) is 0 Å². The molecule has 1 aliphatic heterocycles. The summed E-state index contributed by atoms with van der Waals surface area (Å²) < 4.78 is 19.2. The van der Waals surface area contributed by atoms with E-state index in [1.54, 1.807) is 0 Å². The molecule has 1 fully saturated rings. The predicted octanol–water partition coefficient (Wildman–Crippen LogP) is 0.282. The normalized spacial score (nSPS) is 27.2. The van der Waals surface area contributed by atoms with Crippen LogP contribution in [0.3, 0.4) is 0 Å². The van der Waals surface area contributed by atoms with Gasteiger partial charge in [0.15, 0.2) is 0 Å². The fraction of sp³-hybridized carbons (Fsp3) is 1.00. The lowest BCUT2D eigenvalue weighted by Crippen LogP contribution is -2.05. The Hall–Kier alpha value is 0.110. The molecule has 0 spiro atoms. The van der Waals surface area contributed by atoms with Gasteiger partial charge >= 0.3 is 0 Å². The summed E-state index contributed by atoms with van der Waals surface area (Å²) in [4.78, 5) is 10.5. The molecule has 0 unspecified atom stereocenters. The Morgan fingerprint density at radius 3 is 2.11 bits per heavy atom. The maximum absolute atomic E-state index is 10.5. The largest absolute Gasteiger partial charge is 0.756 e. The van der Waals surface area contributed by atoms with E-state index in [2.05, 4.69) is 9.05 Å². The van der Waals surface area contributed by atoms with Crippen molar-refractivity contribution in [2.24, 2.45) is 0 Å². The Morgan fingerprint density at radius 2 is 1.67 bits per heavy atom. The molecular formula is C4H8O4P-. The van der Waals surface area contributed by atoms with Crippen molar-refractivity contribution in [1.29, 1.82) is 0 Å². The average molecular weight is 151 g/mol. The molecule has 1 heterocycles. The fourth-order valence-electron chi connectivity index (χ4n) is 0.594. The van der Waals surface area contributed by atoms with Crippen molar-refractivity contribution in [2.45, 2.75) is 12.8 Å². The van der Waals surface area contributed by atoms with Gasteiger partial charge in [0, 0.05) is 0 Å². The molecule has 5 heteroatoms. The second-order valence-corrected chi connectivity index (χ2v) is 3.23. The molecule has 0 radical (unpaired) electrons. The Kier molecular flexibility index (Phi) is 2.24. The van der Waals surface area contributed by atoms with Crippen molar-refractivity contribution < 1.29 is 18.5 Å². The summed E-state index contributed by atoms with van der Waals surface area (Å²) in [6, 6.07) is 0. The maximum Gasteiger partial charge on any atom is 0.267 e. The van der Waals surface area contributed by atoms with E-state index in [-0.39, 0.29) is 13.2 Å². The van der Waals surface area contributed by atoms with Gasteiger partial charge in [-0.3, -0.25) is 4.57 Å². The lowest BCUT2D eigenvalue weighted by atomic mass is 10.3. The molecule has 0 aliphatic carbocycles. The highest BCUT2D eigenvalue weighted by molar-refractivity contribution is 7.45. The van der Waals surface area contributed by atoms with Gasteiger partial charge in [0.2, 0.25) is 0 Å². The van der Waals surface area contributed by atoms with E-state index in [1.807, 2.05) is 0 Å². The molecule has 0 N–H and O–H groups in total. The van der Waals surface area contributed by atoms with Crippen molar-refractivity contribution in [3.63, 3.8) is 0 Å². The van der Waals surface area contributed by atoms with Crippen LogP contribution in [0, 0.1) is 0 Å². The van der Waals surface area contributed by atoms with Crippen LogP contribution in [0.15, 0.2) is 0 Å². The van der Waals surface area contributed by atoms with Gasteiger partial charge in [-0.1, -0.05) is 0 Å². The number of phosphoric ester groups is 1. The van der Waals surface area contributed by atoms with Crippen LogP contribution in [0.4, 0.5) is 0 Å². The van der Waals surface area contributed by atoms with Crippen molar-refractivity contribution in [3.05, 3.63) is 0 Å². The van der Waals surface area contributed by atoms with Gasteiger partial charge in [0.05, 0.1) is 13.2 Å². The third kappa shape index (κ3) is 2.45. The van der Waals surface area contributed by atoms with Crippen LogP contribution >= 0.6 is 7.82 Å². The van der Waals surface area contributed by atoms with Gasteiger partial charge in [0.1, 0.15) is 0 Å². The summed E-state index contributed by atoms with van der Waals surface area (Å²) in [5, 5.41) is 0. The Balaban J connectivity index is 2.45. The van der Waals surface area contributed by atoms with Crippen LogP contribution in [0.5, 0.6) is 0 Å². The van der Waals surface area contributed by atoms with Gasteiger partial charge in [-0.25, -0.2) is 0 Å². The lowest BCUT2D eigenvalue weighted by Gasteiger charge is -2.18. The molecule has 0 aromatic heterocycles. The Labute approximate surface area is 53.4 Å². The third-order valence-corrected chi connectivity index (χ3v) is 2.04. The van der Waals surface area contributed by atoms with Crippen molar-refractivity contribution in [3.8, 4) is 0 Å². The summed E-state index contributed by atoms with van der Waals surface area (Å²) in [7, 11) is -3.88. The first kappa shape index (κ1) is 7.22. The van der Waals surface area contributed by atoms with Gasteiger partial charge in [-0.15, -0.1) is 0 Å². The van der Waals surface area contributed by atoms with Crippen LogP contribution in [0.1, 0.15) is 12.8 Å². The molecule has 0 atom stereocenters. The summed E-state index contributed by atoms with van der Waals surface area (Å²) in [6.45, 7) is 0.529. The van der Waals surface area contributed by atoms with E-state index in [0.717, 1.165) is 12.8 Å². The van der Waals surface area contributed by atoms with E-state index < -0.39 is 7.82 Å². The highest BCUT2D eigenvalue weighted by Gasteiger charge is 2.11. The first-order valence-corrected chi connectivity index (χ1v) is 4.27. The molecule has 1 rings (SSSR count). The van der Waals surface area contributed by atoms with Gasteiger partial charge in [-0.05, 0) is 12.8 Å². The summed E-state index contributed by atoms with van der Waals surface area (Å²) in [5.41, 5.74) is 0. The van der Waals surface area contributed by atoms with E-state index in [0.29, 0.717) is 0 Å². The quantitative estimate of drug-likeness (QED) is 0.466. The molecule has 0 aromatic carbocycles. The molecule has 4 nitrogen and oxygen atoms in total. The molecular weight excluding hydrogens is 143 g/mol. The highest BCUT2D eigenvalue weighted by atomic mass is 31.2. The molecule has 1 saturated heterocycles. The van der Waals surface area contributed by atoms with Crippen LogP contribution in [-0.2, 0) is 13.6 Å². The Bertz CT molecular complexity index is 123. The second-order valence-electron chi connectivity index (χ2n) is 1.82. The van der Waals surface area contributed by atoms with Crippen molar-refractivity contribution >= 4 is 7.82 Å². The Morgan fingerprint density at radius 1 is 1.22 bits per heavy atom. The molecule has 54 valence electrons. The second kappa shape index (κ2) is 2.80. The van der Waals surface area contributed by atoms with Crippen LogP contribution in [0.2, 0.25) is 0 Å². The van der Waals surface area contributed by atoms with Crippen LogP contribution in [-0.4, -0.2) is 13.2 Å². The van der Waals surface area contributed by atoms with Crippen LogP contribution < -0.4 is 4.89 Å². The molecule has 0 amide bonds. The molecule has 9 heavy (non-hydrogen) atoms. The number of hydrogen-bond acceptors (Lipinski definition) is 4. The smallest absolute Gasteiger partial charge is 0.267 e. The lowest BCUT2D eigenvalue weighted by molar-refractivity contribution is -0.223. The minimum Gasteiger partial charge on any atom is -0.756 e. The minimum atomic E-state index is -3.88. The molecule has 1 aliphatic rings. The van der Waals surface area contributed by atoms with Crippen molar-refractivity contribution in [2.75, 3.05) is 13.2 Å². The van der Waals surface area contributed by atoms with E-state index in [1.165, 1.54) is 0 Å². The third-order valence-electron chi connectivity index (χ3n) is 1.04. The van der Waals surface area contributed by atoms with Crippen LogP contribution in [0.25, 0.3) is 0 Å². The predicted molar refractivity (Wildman–Crippen MR) is 28.7 cm³/mol. The molecule has 0 saturated carbocycles. The number of hydrogen-bond donors (Lipinski definition) is 0. The SMILES string of the molecule is O=P1([O-])OCCCCO1. The minimum absolute atomic E-state index is 0.265. The topological polar surface area (TPSA) is 58.6 Å². The van der Waals surface area contributed by atoms with E-state index >= 15 is 0 Å². The standard InChI is InChI=1S/C4H9O4P/c5-9(6)7-3-1-2-4-8-9/h1-4H2,(H,5,6)/p-1. The summed E-state index contributed by atoms with van der Waals surface area (Å²) >= 11 is 0. The fourth-order valence-corrected chi connectivity index (χ4v) is 1.37. The average Bonchev–Trinajstić information content (AvgIpc) is 1.92. The number of phosphoric acid groups is 1. The van der Waals surface area contributed by atoms with Gasteiger partial charge in [-0.2, -0.15) is 0 Å². The first-order chi connectivity index (χ1) is 4.21. The zero-order valence-corrected chi connectivity index (χ0v) is 5.80. The summed E-state index contributed by atoms with van der Waals surface area (Å²) in [6.07, 6.45) is 1.51. The maximum atomic E-state index is 10.5. The molecule has 0 aromatic rings. The highest BCUT2D eigenvalue weighted by Crippen LogP contribution is 2.39. The van der Waals surface area contributed by atoms with Gasteiger partial charge < -0.3 is 13.9 Å². The molecule has 0 bridgehead atoms. The van der Waals surface area contributed by atoms with E-state index in [4.69, 9.17) is 0 Å².